The number of hydrogen-bond donors (Lipinski definition) is 1. The second-order valence-electron chi connectivity index (χ2n) is 3.86. The van der Waals surface area contributed by atoms with E-state index >= 15 is 0 Å². The summed E-state index contributed by atoms with van der Waals surface area (Å²) < 4.78 is 5.22. The molecule has 1 aromatic rings. The lowest BCUT2D eigenvalue weighted by molar-refractivity contribution is 0.215. The molecule has 0 bridgehead atoms. The van der Waals surface area contributed by atoms with Gasteiger partial charge >= 0.3 is 0 Å². The Morgan fingerprint density at radius 1 is 1.43 bits per heavy atom. The molecule has 0 heterocycles. The van der Waals surface area contributed by atoms with Crippen molar-refractivity contribution < 1.29 is 9.84 Å². The Bertz CT molecular complexity index is 321. The number of benzene rings is 1. The normalized spacial score (nSPS) is 11.5. The minimum absolute atomic E-state index is 0.0348. The van der Waals surface area contributed by atoms with Gasteiger partial charge in [0.05, 0.1) is 13.7 Å². The molecular weight excluding hydrogens is 200 g/mol. The number of methoxy groups -OCH3 is 1. The third-order valence-electron chi connectivity index (χ3n) is 2.27. The summed E-state index contributed by atoms with van der Waals surface area (Å²) in [6, 6.07) is 5.48. The summed E-state index contributed by atoms with van der Waals surface area (Å²) in [5.41, 5.74) is 0.468. The standard InChI is InChI=1S/C11H15ClO2/c1-11(2,7-13)10-8(12)5-4-6-9(10)14-3/h4-6,13H,7H2,1-3H3. The molecule has 78 valence electrons. The first-order chi connectivity index (χ1) is 6.53. The average molecular weight is 215 g/mol. The van der Waals surface area contributed by atoms with Crippen LogP contribution in [0.2, 0.25) is 5.02 Å². The van der Waals surface area contributed by atoms with E-state index in [-0.39, 0.29) is 12.0 Å². The van der Waals surface area contributed by atoms with Crippen molar-refractivity contribution in [1.82, 2.24) is 0 Å². The highest BCUT2D eigenvalue weighted by Gasteiger charge is 2.26. The maximum Gasteiger partial charge on any atom is 0.124 e. The summed E-state index contributed by atoms with van der Waals surface area (Å²) in [7, 11) is 1.60. The minimum Gasteiger partial charge on any atom is -0.496 e. The van der Waals surface area contributed by atoms with E-state index in [0.29, 0.717) is 5.02 Å². The average Bonchev–Trinajstić information content (AvgIpc) is 2.17. The van der Waals surface area contributed by atoms with Crippen LogP contribution in [-0.4, -0.2) is 18.8 Å². The molecule has 0 aliphatic rings. The molecule has 0 aliphatic heterocycles. The third kappa shape index (κ3) is 2.02. The molecule has 0 saturated heterocycles. The summed E-state index contributed by atoms with van der Waals surface area (Å²) in [5, 5.41) is 9.91. The van der Waals surface area contributed by atoms with E-state index < -0.39 is 0 Å². The van der Waals surface area contributed by atoms with E-state index in [1.807, 2.05) is 26.0 Å². The smallest absolute Gasteiger partial charge is 0.124 e. The van der Waals surface area contributed by atoms with E-state index in [0.717, 1.165) is 11.3 Å². The lowest BCUT2D eigenvalue weighted by Crippen LogP contribution is -2.23. The second-order valence-corrected chi connectivity index (χ2v) is 4.27. The molecule has 0 unspecified atom stereocenters. The SMILES string of the molecule is COc1cccc(Cl)c1C(C)(C)CO. The Morgan fingerprint density at radius 3 is 2.57 bits per heavy atom. The molecular formula is C11H15ClO2. The lowest BCUT2D eigenvalue weighted by Gasteiger charge is -2.25. The molecule has 1 rings (SSSR count). The molecule has 1 N–H and O–H groups in total. The molecule has 3 heteroatoms. The predicted molar refractivity (Wildman–Crippen MR) is 58.1 cm³/mol. The molecule has 0 aliphatic carbocycles. The van der Waals surface area contributed by atoms with Gasteiger partial charge in [0.25, 0.3) is 0 Å². The quantitative estimate of drug-likeness (QED) is 0.838. The van der Waals surface area contributed by atoms with Crippen molar-refractivity contribution >= 4 is 11.6 Å². The Labute approximate surface area is 89.5 Å². The van der Waals surface area contributed by atoms with Gasteiger partial charge in [-0.3, -0.25) is 0 Å². The minimum atomic E-state index is -0.385. The molecule has 14 heavy (non-hydrogen) atoms. The van der Waals surface area contributed by atoms with Gasteiger partial charge in [-0.2, -0.15) is 0 Å². The molecule has 2 nitrogen and oxygen atoms in total. The molecule has 0 spiro atoms. The van der Waals surface area contributed by atoms with Gasteiger partial charge in [0.1, 0.15) is 5.75 Å². The van der Waals surface area contributed by atoms with Gasteiger partial charge in [0.15, 0.2) is 0 Å². The highest BCUT2D eigenvalue weighted by molar-refractivity contribution is 6.31. The summed E-state index contributed by atoms with van der Waals surface area (Å²) >= 11 is 6.08. The fourth-order valence-corrected chi connectivity index (χ4v) is 1.83. The Morgan fingerprint density at radius 2 is 2.07 bits per heavy atom. The van der Waals surface area contributed by atoms with Crippen molar-refractivity contribution in [1.29, 1.82) is 0 Å². The van der Waals surface area contributed by atoms with Crippen molar-refractivity contribution in [3.63, 3.8) is 0 Å². The molecule has 0 radical (unpaired) electrons. The van der Waals surface area contributed by atoms with Gasteiger partial charge in [-0.15, -0.1) is 0 Å². The molecule has 0 fully saturated rings. The van der Waals surface area contributed by atoms with Crippen LogP contribution in [0.4, 0.5) is 0 Å². The summed E-state index contributed by atoms with van der Waals surface area (Å²) in [6.45, 7) is 3.89. The van der Waals surface area contributed by atoms with Gasteiger partial charge in [0.2, 0.25) is 0 Å². The van der Waals surface area contributed by atoms with Crippen molar-refractivity contribution in [2.75, 3.05) is 13.7 Å². The zero-order valence-electron chi connectivity index (χ0n) is 8.67. The van der Waals surface area contributed by atoms with Gasteiger partial charge in [-0.1, -0.05) is 31.5 Å². The molecule has 0 aromatic heterocycles. The molecule has 0 atom stereocenters. The maximum atomic E-state index is 9.28. The largest absolute Gasteiger partial charge is 0.496 e. The fourth-order valence-electron chi connectivity index (χ4n) is 1.41. The van der Waals surface area contributed by atoms with E-state index in [1.54, 1.807) is 13.2 Å². The number of rotatable bonds is 3. The summed E-state index contributed by atoms with van der Waals surface area (Å²) in [6.07, 6.45) is 0. The first-order valence-corrected chi connectivity index (χ1v) is 4.84. The van der Waals surface area contributed by atoms with Gasteiger partial charge in [-0.25, -0.2) is 0 Å². The monoisotopic (exact) mass is 214 g/mol. The number of aliphatic hydroxyl groups is 1. The highest BCUT2D eigenvalue weighted by atomic mass is 35.5. The van der Waals surface area contributed by atoms with Crippen molar-refractivity contribution in [3.05, 3.63) is 28.8 Å². The summed E-state index contributed by atoms with van der Waals surface area (Å²) in [4.78, 5) is 0. The number of halogens is 1. The second kappa shape index (κ2) is 4.20. The first kappa shape index (κ1) is 11.3. The first-order valence-electron chi connectivity index (χ1n) is 4.47. The van der Waals surface area contributed by atoms with E-state index in [9.17, 15) is 5.11 Å². The van der Waals surface area contributed by atoms with Crippen LogP contribution in [0.15, 0.2) is 18.2 Å². The van der Waals surface area contributed by atoms with Crippen LogP contribution in [-0.2, 0) is 5.41 Å². The van der Waals surface area contributed by atoms with Gasteiger partial charge < -0.3 is 9.84 Å². The van der Waals surface area contributed by atoms with E-state index in [1.165, 1.54) is 0 Å². The Hall–Kier alpha value is -0.730. The van der Waals surface area contributed by atoms with Crippen LogP contribution in [0, 0.1) is 0 Å². The third-order valence-corrected chi connectivity index (χ3v) is 2.58. The number of ether oxygens (including phenoxy) is 1. The Balaban J connectivity index is 3.30. The Kier molecular flexibility index (Phi) is 3.40. The van der Waals surface area contributed by atoms with E-state index in [2.05, 4.69) is 0 Å². The zero-order valence-corrected chi connectivity index (χ0v) is 9.43. The fraction of sp³-hybridized carbons (Fsp3) is 0.455. The predicted octanol–water partition coefficient (Wildman–Crippen LogP) is 2.62. The summed E-state index contributed by atoms with van der Waals surface area (Å²) in [5.74, 6) is 0.719. The van der Waals surface area contributed by atoms with Crippen molar-refractivity contribution in [2.24, 2.45) is 0 Å². The topological polar surface area (TPSA) is 29.5 Å². The van der Waals surface area contributed by atoms with Gasteiger partial charge in [0, 0.05) is 16.0 Å². The zero-order chi connectivity index (χ0) is 10.8. The van der Waals surface area contributed by atoms with Gasteiger partial charge in [-0.05, 0) is 12.1 Å². The highest BCUT2D eigenvalue weighted by Crippen LogP contribution is 2.36. The maximum absolute atomic E-state index is 9.28. The number of hydrogen-bond acceptors (Lipinski definition) is 2. The molecule has 1 aromatic carbocycles. The van der Waals surface area contributed by atoms with E-state index in [4.69, 9.17) is 16.3 Å². The lowest BCUT2D eigenvalue weighted by atomic mass is 9.85. The van der Waals surface area contributed by atoms with Crippen molar-refractivity contribution in [3.8, 4) is 5.75 Å². The van der Waals surface area contributed by atoms with Crippen LogP contribution >= 0.6 is 11.6 Å². The van der Waals surface area contributed by atoms with Crippen LogP contribution in [0.5, 0.6) is 5.75 Å². The number of aliphatic hydroxyl groups excluding tert-OH is 1. The van der Waals surface area contributed by atoms with Crippen LogP contribution in [0.25, 0.3) is 0 Å². The van der Waals surface area contributed by atoms with Crippen molar-refractivity contribution in [2.45, 2.75) is 19.3 Å². The van der Waals surface area contributed by atoms with Crippen LogP contribution in [0.1, 0.15) is 19.4 Å². The van der Waals surface area contributed by atoms with Crippen LogP contribution in [0.3, 0.4) is 0 Å². The molecule has 0 amide bonds. The van der Waals surface area contributed by atoms with Crippen LogP contribution < -0.4 is 4.74 Å². The molecule has 0 saturated carbocycles.